The maximum atomic E-state index is 5.48. The third-order valence-electron chi connectivity index (χ3n) is 4.80. The minimum atomic E-state index is 0.858. The Kier molecular flexibility index (Phi) is 4.63. The number of benzene rings is 2. The highest BCUT2D eigenvalue weighted by atomic mass is 16.5. The topological polar surface area (TPSA) is 39.5 Å². The summed E-state index contributed by atoms with van der Waals surface area (Å²) in [5.41, 5.74) is 4.51. The number of para-hydroxylation sites is 1. The predicted molar refractivity (Wildman–Crippen MR) is 101 cm³/mol. The summed E-state index contributed by atoms with van der Waals surface area (Å²) in [7, 11) is 3.41. The fourth-order valence-corrected chi connectivity index (χ4v) is 3.47. The Bertz CT molecular complexity index is 904. The van der Waals surface area contributed by atoms with Crippen LogP contribution in [0.15, 0.2) is 54.6 Å². The SMILES string of the molecule is COc1cccc(CN2CCn3nc(-c4ccccc4OC)cc3C2)c1. The van der Waals surface area contributed by atoms with Crippen LogP contribution >= 0.6 is 0 Å². The molecule has 3 aromatic rings. The van der Waals surface area contributed by atoms with Gasteiger partial charge in [-0.15, -0.1) is 0 Å². The first-order chi connectivity index (χ1) is 12.8. The lowest BCUT2D eigenvalue weighted by Crippen LogP contribution is -2.33. The summed E-state index contributed by atoms with van der Waals surface area (Å²) in [6.07, 6.45) is 0. The van der Waals surface area contributed by atoms with E-state index in [-0.39, 0.29) is 0 Å². The molecule has 0 bridgehead atoms. The van der Waals surface area contributed by atoms with Crippen molar-refractivity contribution in [3.8, 4) is 22.8 Å². The number of nitrogens with zero attached hydrogens (tertiary/aromatic N) is 3. The van der Waals surface area contributed by atoms with Crippen LogP contribution in [0.25, 0.3) is 11.3 Å². The average Bonchev–Trinajstić information content (AvgIpc) is 3.11. The smallest absolute Gasteiger partial charge is 0.128 e. The van der Waals surface area contributed by atoms with Crippen LogP contribution in [0, 0.1) is 0 Å². The standard InChI is InChI=1S/C21H23N3O2/c1-25-18-7-5-6-16(12-18)14-23-10-11-24-17(15-23)13-20(22-24)19-8-3-4-9-21(19)26-2/h3-9,12-13H,10-11,14-15H2,1-2H3. The molecular weight excluding hydrogens is 326 g/mol. The summed E-state index contributed by atoms with van der Waals surface area (Å²) in [5, 5.41) is 4.79. The summed E-state index contributed by atoms with van der Waals surface area (Å²) in [6, 6.07) is 18.5. The molecule has 0 amide bonds. The van der Waals surface area contributed by atoms with E-state index in [1.807, 2.05) is 30.3 Å². The van der Waals surface area contributed by atoms with Gasteiger partial charge in [0.05, 0.1) is 32.2 Å². The number of methoxy groups -OCH3 is 2. The van der Waals surface area contributed by atoms with Crippen molar-refractivity contribution in [3.05, 3.63) is 65.9 Å². The second-order valence-corrected chi connectivity index (χ2v) is 6.51. The lowest BCUT2D eigenvalue weighted by atomic mass is 10.1. The first-order valence-corrected chi connectivity index (χ1v) is 8.82. The molecule has 0 saturated carbocycles. The van der Waals surface area contributed by atoms with Crippen molar-refractivity contribution in [2.24, 2.45) is 0 Å². The van der Waals surface area contributed by atoms with Crippen LogP contribution in [0.1, 0.15) is 11.3 Å². The van der Waals surface area contributed by atoms with Crippen LogP contribution in [0.5, 0.6) is 11.5 Å². The van der Waals surface area contributed by atoms with E-state index in [9.17, 15) is 0 Å². The predicted octanol–water partition coefficient (Wildman–Crippen LogP) is 3.58. The molecule has 2 heterocycles. The van der Waals surface area contributed by atoms with Gasteiger partial charge in [-0.3, -0.25) is 9.58 Å². The van der Waals surface area contributed by atoms with Crippen molar-refractivity contribution < 1.29 is 9.47 Å². The van der Waals surface area contributed by atoms with Gasteiger partial charge >= 0.3 is 0 Å². The summed E-state index contributed by atoms with van der Waals surface area (Å²) < 4.78 is 12.9. The Morgan fingerprint density at radius 2 is 1.85 bits per heavy atom. The quantitative estimate of drug-likeness (QED) is 0.706. The van der Waals surface area contributed by atoms with E-state index in [1.54, 1.807) is 14.2 Å². The summed E-state index contributed by atoms with van der Waals surface area (Å²) >= 11 is 0. The minimum absolute atomic E-state index is 0.858. The molecule has 0 saturated heterocycles. The molecule has 134 valence electrons. The largest absolute Gasteiger partial charge is 0.497 e. The second-order valence-electron chi connectivity index (χ2n) is 6.51. The van der Waals surface area contributed by atoms with Gasteiger partial charge in [0.15, 0.2) is 0 Å². The second kappa shape index (κ2) is 7.22. The van der Waals surface area contributed by atoms with Crippen LogP contribution in [-0.4, -0.2) is 35.4 Å². The fraction of sp³-hybridized carbons (Fsp3) is 0.286. The average molecular weight is 349 g/mol. The zero-order valence-electron chi connectivity index (χ0n) is 15.2. The number of aromatic nitrogens is 2. The van der Waals surface area contributed by atoms with E-state index in [4.69, 9.17) is 14.6 Å². The molecule has 1 aromatic heterocycles. The van der Waals surface area contributed by atoms with E-state index in [0.29, 0.717) is 0 Å². The molecule has 0 fully saturated rings. The van der Waals surface area contributed by atoms with Crippen molar-refractivity contribution in [2.75, 3.05) is 20.8 Å². The van der Waals surface area contributed by atoms with Crippen molar-refractivity contribution in [1.29, 1.82) is 0 Å². The molecule has 1 aliphatic rings. The van der Waals surface area contributed by atoms with E-state index in [1.165, 1.54) is 11.3 Å². The van der Waals surface area contributed by atoms with Gasteiger partial charge in [0.2, 0.25) is 0 Å². The van der Waals surface area contributed by atoms with Gasteiger partial charge in [-0.1, -0.05) is 24.3 Å². The van der Waals surface area contributed by atoms with Gasteiger partial charge < -0.3 is 9.47 Å². The number of hydrogen-bond donors (Lipinski definition) is 0. The number of ether oxygens (including phenoxy) is 2. The van der Waals surface area contributed by atoms with Crippen LogP contribution < -0.4 is 9.47 Å². The number of fused-ring (bicyclic) bond motifs is 1. The maximum absolute atomic E-state index is 5.48. The number of hydrogen-bond acceptors (Lipinski definition) is 4. The van der Waals surface area contributed by atoms with E-state index in [0.717, 1.165) is 48.9 Å². The van der Waals surface area contributed by atoms with Crippen LogP contribution in [0.4, 0.5) is 0 Å². The molecule has 4 rings (SSSR count). The van der Waals surface area contributed by atoms with Crippen molar-refractivity contribution in [3.63, 3.8) is 0 Å². The Morgan fingerprint density at radius 1 is 0.962 bits per heavy atom. The molecule has 5 heteroatoms. The van der Waals surface area contributed by atoms with Crippen LogP contribution in [0.3, 0.4) is 0 Å². The van der Waals surface area contributed by atoms with Gasteiger partial charge in [-0.2, -0.15) is 5.10 Å². The highest BCUT2D eigenvalue weighted by molar-refractivity contribution is 5.67. The number of rotatable bonds is 5. The van der Waals surface area contributed by atoms with Crippen LogP contribution in [0.2, 0.25) is 0 Å². The van der Waals surface area contributed by atoms with E-state index >= 15 is 0 Å². The molecule has 26 heavy (non-hydrogen) atoms. The lowest BCUT2D eigenvalue weighted by Gasteiger charge is -2.27. The summed E-state index contributed by atoms with van der Waals surface area (Å²) in [5.74, 6) is 1.76. The molecule has 0 aliphatic carbocycles. The molecule has 2 aromatic carbocycles. The Hall–Kier alpha value is -2.79. The zero-order valence-corrected chi connectivity index (χ0v) is 15.2. The molecule has 5 nitrogen and oxygen atoms in total. The molecule has 0 N–H and O–H groups in total. The first kappa shape index (κ1) is 16.7. The van der Waals surface area contributed by atoms with Crippen molar-refractivity contribution >= 4 is 0 Å². The van der Waals surface area contributed by atoms with Gasteiger partial charge in [-0.05, 0) is 35.9 Å². The third kappa shape index (κ3) is 3.30. The molecule has 0 radical (unpaired) electrons. The van der Waals surface area contributed by atoms with Crippen molar-refractivity contribution in [1.82, 2.24) is 14.7 Å². The first-order valence-electron chi connectivity index (χ1n) is 8.82. The van der Waals surface area contributed by atoms with Gasteiger partial charge in [0.1, 0.15) is 11.5 Å². The highest BCUT2D eigenvalue weighted by Crippen LogP contribution is 2.30. The Morgan fingerprint density at radius 3 is 2.69 bits per heavy atom. The molecule has 1 aliphatic heterocycles. The molecule has 0 atom stereocenters. The maximum Gasteiger partial charge on any atom is 0.128 e. The lowest BCUT2D eigenvalue weighted by molar-refractivity contribution is 0.205. The van der Waals surface area contributed by atoms with E-state index < -0.39 is 0 Å². The summed E-state index contributed by atoms with van der Waals surface area (Å²) in [4.78, 5) is 2.44. The van der Waals surface area contributed by atoms with E-state index in [2.05, 4.69) is 33.8 Å². The van der Waals surface area contributed by atoms with Gasteiger partial charge in [0.25, 0.3) is 0 Å². The fourth-order valence-electron chi connectivity index (χ4n) is 3.47. The molecular formula is C21H23N3O2. The minimum Gasteiger partial charge on any atom is -0.497 e. The highest BCUT2D eigenvalue weighted by Gasteiger charge is 2.20. The monoisotopic (exact) mass is 349 g/mol. The normalized spacial score (nSPS) is 14.1. The molecule has 0 spiro atoms. The zero-order chi connectivity index (χ0) is 17.9. The van der Waals surface area contributed by atoms with Crippen molar-refractivity contribution in [2.45, 2.75) is 19.6 Å². The van der Waals surface area contributed by atoms with Gasteiger partial charge in [-0.25, -0.2) is 0 Å². The Labute approximate surface area is 153 Å². The molecule has 0 unspecified atom stereocenters. The van der Waals surface area contributed by atoms with Gasteiger partial charge in [0, 0.05) is 25.2 Å². The summed E-state index contributed by atoms with van der Waals surface area (Å²) in [6.45, 7) is 3.68. The Balaban J connectivity index is 1.53. The van der Waals surface area contributed by atoms with Crippen LogP contribution in [-0.2, 0) is 19.6 Å². The third-order valence-corrected chi connectivity index (χ3v) is 4.80.